The summed E-state index contributed by atoms with van der Waals surface area (Å²) in [6.45, 7) is 2.97. The molecule has 1 N–H and O–H groups in total. The number of hydrogen-bond donors (Lipinski definition) is 1. The van der Waals surface area contributed by atoms with E-state index in [1.807, 2.05) is 24.3 Å². The quantitative estimate of drug-likeness (QED) is 0.854. The van der Waals surface area contributed by atoms with Gasteiger partial charge in [-0.05, 0) is 18.6 Å². The van der Waals surface area contributed by atoms with Crippen LogP contribution in [0.15, 0.2) is 24.3 Å². The molecule has 16 heavy (non-hydrogen) atoms. The van der Waals surface area contributed by atoms with Crippen molar-refractivity contribution in [3.63, 3.8) is 0 Å². The molecule has 0 unspecified atom stereocenters. The molecule has 0 saturated carbocycles. The first-order valence-corrected chi connectivity index (χ1v) is 5.39. The van der Waals surface area contributed by atoms with Crippen LogP contribution in [-0.2, 0) is 0 Å². The van der Waals surface area contributed by atoms with Crippen LogP contribution < -0.4 is 10.1 Å². The number of hydrogen-bond acceptors (Lipinski definition) is 4. The highest BCUT2D eigenvalue weighted by molar-refractivity contribution is 5.84. The average Bonchev–Trinajstić information content (AvgIpc) is 2.35. The van der Waals surface area contributed by atoms with Gasteiger partial charge >= 0.3 is 0 Å². The van der Waals surface area contributed by atoms with Crippen LogP contribution >= 0.6 is 0 Å². The highest BCUT2D eigenvalue weighted by atomic mass is 16.5. The summed E-state index contributed by atoms with van der Waals surface area (Å²) in [6, 6.07) is 7.82. The number of methoxy groups -OCH3 is 1. The molecule has 0 aliphatic carbocycles. The van der Waals surface area contributed by atoms with E-state index >= 15 is 0 Å². The molecule has 0 radical (unpaired) electrons. The summed E-state index contributed by atoms with van der Waals surface area (Å²) in [6.07, 6.45) is 1.04. The van der Waals surface area contributed by atoms with Gasteiger partial charge in [-0.3, -0.25) is 0 Å². The Morgan fingerprint density at radius 2 is 2.06 bits per heavy atom. The minimum atomic E-state index is 0.615. The maximum absolute atomic E-state index is 5.26. The maximum Gasteiger partial charge on any atom is 0.226 e. The van der Waals surface area contributed by atoms with E-state index in [0.717, 1.165) is 23.9 Å². The molecule has 1 aromatic heterocycles. The van der Waals surface area contributed by atoms with Gasteiger partial charge in [0.1, 0.15) is 0 Å². The van der Waals surface area contributed by atoms with Crippen LogP contribution in [0.25, 0.3) is 10.9 Å². The number of aromatic nitrogens is 2. The number of fused-ring (bicyclic) bond motifs is 1. The third kappa shape index (κ3) is 2.05. The normalized spacial score (nSPS) is 10.4. The Balaban J connectivity index is 2.46. The Morgan fingerprint density at radius 3 is 2.81 bits per heavy atom. The number of rotatable bonds is 4. The molecule has 0 bridgehead atoms. The fraction of sp³-hybridized carbons (Fsp3) is 0.333. The van der Waals surface area contributed by atoms with Gasteiger partial charge in [0.05, 0.1) is 18.0 Å². The van der Waals surface area contributed by atoms with Crippen molar-refractivity contribution in [2.24, 2.45) is 0 Å². The second-order valence-electron chi connectivity index (χ2n) is 3.50. The Labute approximate surface area is 94.7 Å². The average molecular weight is 217 g/mol. The lowest BCUT2D eigenvalue weighted by molar-refractivity contribution is 0.403. The molecule has 4 nitrogen and oxygen atoms in total. The highest BCUT2D eigenvalue weighted by Gasteiger charge is 2.06. The maximum atomic E-state index is 5.26. The minimum Gasteiger partial charge on any atom is -0.480 e. The van der Waals surface area contributed by atoms with Crippen LogP contribution in [-0.4, -0.2) is 23.6 Å². The lowest BCUT2D eigenvalue weighted by Gasteiger charge is -2.08. The largest absolute Gasteiger partial charge is 0.480 e. The van der Waals surface area contributed by atoms with Gasteiger partial charge in [-0.25, -0.2) is 4.98 Å². The molecule has 0 amide bonds. The Morgan fingerprint density at radius 1 is 1.25 bits per heavy atom. The van der Waals surface area contributed by atoms with Crippen molar-refractivity contribution >= 4 is 16.9 Å². The number of anilines is 1. The zero-order chi connectivity index (χ0) is 11.4. The monoisotopic (exact) mass is 217 g/mol. The predicted molar refractivity (Wildman–Crippen MR) is 64.9 cm³/mol. The van der Waals surface area contributed by atoms with Gasteiger partial charge in [0.15, 0.2) is 0 Å². The summed E-state index contributed by atoms with van der Waals surface area (Å²) in [7, 11) is 1.62. The second-order valence-corrected chi connectivity index (χ2v) is 3.50. The SMILES string of the molecule is CCCNc1nc(OC)c2ccccc2n1. The van der Waals surface area contributed by atoms with Crippen molar-refractivity contribution < 1.29 is 4.74 Å². The Hall–Kier alpha value is -1.84. The fourth-order valence-electron chi connectivity index (χ4n) is 1.52. The predicted octanol–water partition coefficient (Wildman–Crippen LogP) is 2.46. The fourth-order valence-corrected chi connectivity index (χ4v) is 1.52. The van der Waals surface area contributed by atoms with Gasteiger partial charge in [0.25, 0.3) is 0 Å². The van der Waals surface area contributed by atoms with Crippen LogP contribution in [0.1, 0.15) is 13.3 Å². The van der Waals surface area contributed by atoms with Crippen molar-refractivity contribution in [3.05, 3.63) is 24.3 Å². The summed E-state index contributed by atoms with van der Waals surface area (Å²) in [5.74, 6) is 1.24. The summed E-state index contributed by atoms with van der Waals surface area (Å²) in [4.78, 5) is 8.73. The second kappa shape index (κ2) is 4.79. The third-order valence-electron chi connectivity index (χ3n) is 2.29. The van der Waals surface area contributed by atoms with E-state index in [2.05, 4.69) is 22.2 Å². The van der Waals surface area contributed by atoms with E-state index in [4.69, 9.17) is 4.74 Å². The molecule has 1 heterocycles. The smallest absolute Gasteiger partial charge is 0.226 e. The third-order valence-corrected chi connectivity index (χ3v) is 2.29. The van der Waals surface area contributed by atoms with Gasteiger partial charge in [-0.15, -0.1) is 0 Å². The Kier molecular flexibility index (Phi) is 3.19. The first kappa shape index (κ1) is 10.7. The molecule has 2 aromatic rings. The summed E-state index contributed by atoms with van der Waals surface area (Å²) in [5.41, 5.74) is 0.896. The minimum absolute atomic E-state index is 0.615. The first-order chi connectivity index (χ1) is 7.85. The molecule has 0 aliphatic rings. The molecule has 1 aromatic carbocycles. The van der Waals surface area contributed by atoms with Gasteiger partial charge in [-0.2, -0.15) is 4.98 Å². The number of ether oxygens (including phenoxy) is 1. The van der Waals surface area contributed by atoms with Crippen LogP contribution in [0.4, 0.5) is 5.95 Å². The number of nitrogens with one attached hydrogen (secondary N) is 1. The summed E-state index contributed by atoms with van der Waals surface area (Å²) < 4.78 is 5.26. The van der Waals surface area contributed by atoms with Crippen LogP contribution in [0.3, 0.4) is 0 Å². The van der Waals surface area contributed by atoms with Crippen molar-refractivity contribution in [3.8, 4) is 5.88 Å². The number of benzene rings is 1. The van der Waals surface area contributed by atoms with Gasteiger partial charge < -0.3 is 10.1 Å². The number of para-hydroxylation sites is 1. The van der Waals surface area contributed by atoms with Crippen LogP contribution in [0.2, 0.25) is 0 Å². The molecule has 0 atom stereocenters. The van der Waals surface area contributed by atoms with Gasteiger partial charge in [-0.1, -0.05) is 19.1 Å². The lowest BCUT2D eigenvalue weighted by atomic mass is 10.2. The standard InChI is InChI=1S/C12H15N3O/c1-3-8-13-12-14-10-7-5-4-6-9(10)11(15-12)16-2/h4-7H,3,8H2,1-2H3,(H,13,14,15). The highest BCUT2D eigenvalue weighted by Crippen LogP contribution is 2.23. The topological polar surface area (TPSA) is 47.0 Å². The van der Waals surface area contributed by atoms with Crippen molar-refractivity contribution in [1.29, 1.82) is 0 Å². The molecule has 2 rings (SSSR count). The van der Waals surface area contributed by atoms with Crippen molar-refractivity contribution in [2.45, 2.75) is 13.3 Å². The van der Waals surface area contributed by atoms with Gasteiger partial charge in [0.2, 0.25) is 11.8 Å². The van der Waals surface area contributed by atoms with E-state index in [9.17, 15) is 0 Å². The van der Waals surface area contributed by atoms with Crippen molar-refractivity contribution in [1.82, 2.24) is 9.97 Å². The first-order valence-electron chi connectivity index (χ1n) is 5.39. The van der Waals surface area contributed by atoms with Gasteiger partial charge in [0, 0.05) is 6.54 Å². The molecule has 0 saturated heterocycles. The van der Waals surface area contributed by atoms with E-state index in [1.54, 1.807) is 7.11 Å². The summed E-state index contributed by atoms with van der Waals surface area (Å²) in [5, 5.41) is 4.10. The van der Waals surface area contributed by atoms with E-state index in [0.29, 0.717) is 11.8 Å². The molecular formula is C12H15N3O. The van der Waals surface area contributed by atoms with E-state index in [-0.39, 0.29) is 0 Å². The molecule has 84 valence electrons. The van der Waals surface area contributed by atoms with Crippen molar-refractivity contribution in [2.75, 3.05) is 19.0 Å². The summed E-state index contributed by atoms with van der Waals surface area (Å²) >= 11 is 0. The van der Waals surface area contributed by atoms with Crippen LogP contribution in [0.5, 0.6) is 5.88 Å². The molecule has 4 heteroatoms. The number of nitrogens with zero attached hydrogens (tertiary/aromatic N) is 2. The van der Waals surface area contributed by atoms with Crippen LogP contribution in [0, 0.1) is 0 Å². The van der Waals surface area contributed by atoms with E-state index < -0.39 is 0 Å². The van der Waals surface area contributed by atoms with E-state index in [1.165, 1.54) is 0 Å². The molecule has 0 aliphatic heterocycles. The zero-order valence-corrected chi connectivity index (χ0v) is 9.53. The zero-order valence-electron chi connectivity index (χ0n) is 9.53. The molecular weight excluding hydrogens is 202 g/mol. The Bertz CT molecular complexity index is 485. The molecule has 0 fully saturated rings. The molecule has 0 spiro atoms. The lowest BCUT2D eigenvalue weighted by Crippen LogP contribution is -2.05.